The van der Waals surface area contributed by atoms with Crippen LogP contribution in [0, 0.1) is 0 Å². The van der Waals surface area contributed by atoms with Crippen LogP contribution in [0.3, 0.4) is 0 Å². The SMILES string of the molecule is O=C(CSc1nccs1)Nc1cccc(OC(F)(F)F)c1. The Morgan fingerprint density at radius 2 is 2.24 bits per heavy atom. The lowest BCUT2D eigenvalue weighted by atomic mass is 10.3. The largest absolute Gasteiger partial charge is 0.573 e. The Kier molecular flexibility index (Phi) is 5.07. The summed E-state index contributed by atoms with van der Waals surface area (Å²) in [6, 6.07) is 5.12. The molecule has 0 aliphatic rings. The fourth-order valence-electron chi connectivity index (χ4n) is 1.38. The number of carbonyl (C=O) groups is 1. The Morgan fingerprint density at radius 1 is 1.43 bits per heavy atom. The van der Waals surface area contributed by atoms with Crippen LogP contribution >= 0.6 is 23.1 Å². The number of nitrogens with zero attached hydrogens (tertiary/aromatic N) is 1. The number of anilines is 1. The summed E-state index contributed by atoms with van der Waals surface area (Å²) >= 11 is 2.66. The first-order chi connectivity index (χ1) is 9.92. The minimum Gasteiger partial charge on any atom is -0.406 e. The van der Waals surface area contributed by atoms with Crippen molar-refractivity contribution in [3.05, 3.63) is 35.8 Å². The van der Waals surface area contributed by atoms with Gasteiger partial charge in [0.05, 0.1) is 5.75 Å². The predicted octanol–water partition coefficient (Wildman–Crippen LogP) is 3.77. The molecule has 0 atom stereocenters. The number of benzene rings is 1. The second-order valence-corrected chi connectivity index (χ2v) is 5.83. The first-order valence-electron chi connectivity index (χ1n) is 5.60. The molecule has 0 radical (unpaired) electrons. The Balaban J connectivity index is 1.90. The van der Waals surface area contributed by atoms with Gasteiger partial charge in [-0.3, -0.25) is 4.79 Å². The summed E-state index contributed by atoms with van der Waals surface area (Å²) < 4.78 is 40.8. The number of hydrogen-bond acceptors (Lipinski definition) is 5. The van der Waals surface area contributed by atoms with Gasteiger partial charge < -0.3 is 10.1 Å². The molecule has 0 fully saturated rings. The fraction of sp³-hybridized carbons (Fsp3) is 0.167. The summed E-state index contributed by atoms with van der Waals surface area (Å²) in [6.45, 7) is 0. The molecule has 112 valence electrons. The summed E-state index contributed by atoms with van der Waals surface area (Å²) in [7, 11) is 0. The molecule has 0 saturated heterocycles. The van der Waals surface area contributed by atoms with Crippen molar-refractivity contribution in [3.63, 3.8) is 0 Å². The van der Waals surface area contributed by atoms with Crippen LogP contribution in [0.2, 0.25) is 0 Å². The number of halogens is 3. The molecule has 1 heterocycles. The molecular weight excluding hydrogens is 325 g/mol. The molecule has 1 aromatic carbocycles. The lowest BCUT2D eigenvalue weighted by Gasteiger charge is -2.10. The zero-order valence-electron chi connectivity index (χ0n) is 10.4. The third-order valence-corrected chi connectivity index (χ3v) is 4.05. The molecule has 0 aliphatic heterocycles. The Morgan fingerprint density at radius 3 is 2.90 bits per heavy atom. The summed E-state index contributed by atoms with van der Waals surface area (Å²) in [6.07, 6.45) is -3.13. The maximum absolute atomic E-state index is 12.1. The normalized spacial score (nSPS) is 11.2. The van der Waals surface area contributed by atoms with Gasteiger partial charge in [0.15, 0.2) is 0 Å². The van der Waals surface area contributed by atoms with E-state index < -0.39 is 6.36 Å². The third kappa shape index (κ3) is 5.64. The van der Waals surface area contributed by atoms with Crippen LogP contribution < -0.4 is 10.1 Å². The molecule has 0 unspecified atom stereocenters. The average Bonchev–Trinajstić information content (AvgIpc) is 2.87. The molecule has 21 heavy (non-hydrogen) atoms. The molecule has 9 heteroatoms. The number of carbonyl (C=O) groups excluding carboxylic acids is 1. The van der Waals surface area contributed by atoms with Gasteiger partial charge >= 0.3 is 6.36 Å². The van der Waals surface area contributed by atoms with E-state index in [0.29, 0.717) is 0 Å². The van der Waals surface area contributed by atoms with Gasteiger partial charge in [0, 0.05) is 23.3 Å². The van der Waals surface area contributed by atoms with Crippen LogP contribution in [-0.4, -0.2) is 23.0 Å². The van der Waals surface area contributed by atoms with Crippen LogP contribution in [0.4, 0.5) is 18.9 Å². The topological polar surface area (TPSA) is 51.2 Å². The predicted molar refractivity (Wildman–Crippen MR) is 74.6 cm³/mol. The number of aromatic nitrogens is 1. The summed E-state index contributed by atoms with van der Waals surface area (Å²) in [5, 5.41) is 4.29. The van der Waals surface area contributed by atoms with Gasteiger partial charge in [0.1, 0.15) is 10.1 Å². The summed E-state index contributed by atoms with van der Waals surface area (Å²) in [4.78, 5) is 15.7. The van der Waals surface area contributed by atoms with E-state index in [1.165, 1.54) is 35.2 Å². The Labute approximate surface area is 126 Å². The first kappa shape index (κ1) is 15.6. The highest BCUT2D eigenvalue weighted by atomic mass is 32.2. The van der Waals surface area contributed by atoms with Crippen molar-refractivity contribution in [1.82, 2.24) is 4.98 Å². The van der Waals surface area contributed by atoms with E-state index in [0.717, 1.165) is 16.5 Å². The van der Waals surface area contributed by atoms with Crippen molar-refractivity contribution < 1.29 is 22.7 Å². The molecule has 1 N–H and O–H groups in total. The third-order valence-electron chi connectivity index (χ3n) is 2.09. The average molecular weight is 334 g/mol. The molecule has 2 aromatic rings. The number of ether oxygens (including phenoxy) is 1. The van der Waals surface area contributed by atoms with Gasteiger partial charge in [0.2, 0.25) is 5.91 Å². The van der Waals surface area contributed by atoms with Gasteiger partial charge in [-0.05, 0) is 12.1 Å². The molecule has 0 bridgehead atoms. The lowest BCUT2D eigenvalue weighted by molar-refractivity contribution is -0.274. The maximum Gasteiger partial charge on any atom is 0.573 e. The number of hydrogen-bond donors (Lipinski definition) is 1. The van der Waals surface area contributed by atoms with Crippen molar-refractivity contribution in [3.8, 4) is 5.75 Å². The van der Waals surface area contributed by atoms with Crippen molar-refractivity contribution >= 4 is 34.7 Å². The Hall–Kier alpha value is -1.74. The highest BCUT2D eigenvalue weighted by molar-refractivity contribution is 8.01. The van der Waals surface area contributed by atoms with Gasteiger partial charge in [-0.25, -0.2) is 4.98 Å². The van der Waals surface area contributed by atoms with E-state index in [9.17, 15) is 18.0 Å². The van der Waals surface area contributed by atoms with Gasteiger partial charge in [-0.2, -0.15) is 0 Å². The van der Waals surface area contributed by atoms with Gasteiger partial charge in [-0.15, -0.1) is 24.5 Å². The van der Waals surface area contributed by atoms with Gasteiger partial charge in [0.25, 0.3) is 0 Å². The van der Waals surface area contributed by atoms with E-state index in [-0.39, 0.29) is 23.1 Å². The number of thioether (sulfide) groups is 1. The molecule has 0 aliphatic carbocycles. The molecule has 0 spiro atoms. The number of amides is 1. The first-order valence-corrected chi connectivity index (χ1v) is 7.47. The zero-order valence-corrected chi connectivity index (χ0v) is 12.0. The van der Waals surface area contributed by atoms with Crippen LogP contribution in [0.25, 0.3) is 0 Å². The highest BCUT2D eigenvalue weighted by Gasteiger charge is 2.31. The van der Waals surface area contributed by atoms with E-state index in [1.807, 2.05) is 0 Å². The van der Waals surface area contributed by atoms with Crippen molar-refractivity contribution in [1.29, 1.82) is 0 Å². The highest BCUT2D eigenvalue weighted by Crippen LogP contribution is 2.25. The van der Waals surface area contributed by atoms with E-state index in [1.54, 1.807) is 11.6 Å². The number of alkyl halides is 3. The number of thiazole rings is 1. The second-order valence-electron chi connectivity index (χ2n) is 3.71. The monoisotopic (exact) mass is 334 g/mol. The molecule has 1 amide bonds. The van der Waals surface area contributed by atoms with E-state index >= 15 is 0 Å². The minimum atomic E-state index is -4.76. The molecular formula is C12H9F3N2O2S2. The molecule has 1 aromatic heterocycles. The van der Waals surface area contributed by atoms with Crippen molar-refractivity contribution in [2.45, 2.75) is 10.7 Å². The standard InChI is InChI=1S/C12H9F3N2O2S2/c13-12(14,15)19-9-3-1-2-8(6-9)17-10(18)7-21-11-16-4-5-20-11/h1-6H,7H2,(H,17,18). The van der Waals surface area contributed by atoms with Crippen LogP contribution in [0.15, 0.2) is 40.2 Å². The van der Waals surface area contributed by atoms with Crippen LogP contribution in [0.1, 0.15) is 0 Å². The Bertz CT molecular complexity index is 603. The smallest absolute Gasteiger partial charge is 0.406 e. The zero-order chi connectivity index (χ0) is 15.3. The van der Waals surface area contributed by atoms with Crippen molar-refractivity contribution in [2.24, 2.45) is 0 Å². The number of nitrogens with one attached hydrogen (secondary N) is 1. The van der Waals surface area contributed by atoms with Crippen LogP contribution in [0.5, 0.6) is 5.75 Å². The fourth-order valence-corrected chi connectivity index (χ4v) is 2.81. The second kappa shape index (κ2) is 6.81. The quantitative estimate of drug-likeness (QED) is 0.846. The molecule has 4 nitrogen and oxygen atoms in total. The van der Waals surface area contributed by atoms with Crippen molar-refractivity contribution in [2.75, 3.05) is 11.1 Å². The number of rotatable bonds is 5. The van der Waals surface area contributed by atoms with E-state index in [2.05, 4.69) is 15.0 Å². The summed E-state index contributed by atoms with van der Waals surface area (Å²) in [5.41, 5.74) is 0.237. The van der Waals surface area contributed by atoms with Crippen LogP contribution in [-0.2, 0) is 4.79 Å². The molecule has 0 saturated carbocycles. The maximum atomic E-state index is 12.1. The summed E-state index contributed by atoms with van der Waals surface area (Å²) in [5.74, 6) is -0.593. The van der Waals surface area contributed by atoms with E-state index in [4.69, 9.17) is 0 Å². The van der Waals surface area contributed by atoms with Gasteiger partial charge in [-0.1, -0.05) is 17.8 Å². The minimum absolute atomic E-state index is 0.123. The molecule has 2 rings (SSSR count). The lowest BCUT2D eigenvalue weighted by Crippen LogP contribution is -2.18.